The largest absolute Gasteiger partial charge is 0.492 e. The summed E-state index contributed by atoms with van der Waals surface area (Å²) in [5.41, 5.74) is 1.82. The lowest BCUT2D eigenvalue weighted by atomic mass is 10.1. The van der Waals surface area contributed by atoms with E-state index < -0.39 is 0 Å². The first-order chi connectivity index (χ1) is 14.7. The molecule has 0 spiro atoms. The average Bonchev–Trinajstić information content (AvgIpc) is 3.30. The number of rotatable bonds is 9. The molecule has 0 saturated carbocycles. The van der Waals surface area contributed by atoms with Crippen LogP contribution in [-0.4, -0.2) is 45.8 Å². The molecule has 0 radical (unpaired) electrons. The van der Waals surface area contributed by atoms with Gasteiger partial charge in [-0.15, -0.1) is 10.2 Å². The molecule has 0 unspecified atom stereocenters. The molecule has 4 rings (SSSR count). The van der Waals surface area contributed by atoms with Crippen LogP contribution in [0.4, 0.5) is 10.8 Å². The van der Waals surface area contributed by atoms with E-state index in [1.54, 1.807) is 36.0 Å². The summed E-state index contributed by atoms with van der Waals surface area (Å²) in [5.74, 6) is 1.08. The van der Waals surface area contributed by atoms with Crippen molar-refractivity contribution in [3.05, 3.63) is 59.7 Å². The molecule has 2 aromatic carbocycles. The monoisotopic (exact) mass is 440 g/mol. The topological polar surface area (TPSA) is 84.4 Å². The van der Waals surface area contributed by atoms with Gasteiger partial charge < -0.3 is 10.1 Å². The summed E-state index contributed by atoms with van der Waals surface area (Å²) in [6.07, 6.45) is 0.686. The number of para-hydroxylation sites is 2. The van der Waals surface area contributed by atoms with Gasteiger partial charge >= 0.3 is 0 Å². The number of hydrogen-bond donors (Lipinski definition) is 1. The molecule has 0 atom stereocenters. The number of imide groups is 1. The van der Waals surface area contributed by atoms with Gasteiger partial charge in [-0.05, 0) is 37.6 Å². The lowest BCUT2D eigenvalue weighted by Crippen LogP contribution is -2.30. The molecule has 1 N–H and O–H groups in total. The van der Waals surface area contributed by atoms with Crippen LogP contribution in [0.3, 0.4) is 0 Å². The Labute approximate surface area is 182 Å². The fourth-order valence-electron chi connectivity index (χ4n) is 3.11. The SMILES string of the molecule is CCOc1ccccc1Nc1nnc(SCCCN2C(=O)c3ccccc3C2=O)s1. The molecule has 1 aromatic heterocycles. The van der Waals surface area contributed by atoms with Crippen molar-refractivity contribution in [3.8, 4) is 5.75 Å². The van der Waals surface area contributed by atoms with Gasteiger partial charge in [0.15, 0.2) is 4.34 Å². The molecule has 0 saturated heterocycles. The zero-order valence-corrected chi connectivity index (χ0v) is 18.0. The van der Waals surface area contributed by atoms with Crippen molar-refractivity contribution in [2.75, 3.05) is 24.2 Å². The Hall–Kier alpha value is -2.91. The minimum atomic E-state index is -0.212. The van der Waals surface area contributed by atoms with Crippen molar-refractivity contribution in [3.63, 3.8) is 0 Å². The van der Waals surface area contributed by atoms with Crippen LogP contribution in [-0.2, 0) is 0 Å². The number of benzene rings is 2. The van der Waals surface area contributed by atoms with Crippen LogP contribution in [0.1, 0.15) is 34.1 Å². The second kappa shape index (κ2) is 9.27. The highest BCUT2D eigenvalue weighted by molar-refractivity contribution is 8.01. The first kappa shape index (κ1) is 20.4. The Kier molecular flexibility index (Phi) is 6.29. The zero-order valence-electron chi connectivity index (χ0n) is 16.3. The summed E-state index contributed by atoms with van der Waals surface area (Å²) in [7, 11) is 0. The Morgan fingerprint density at radius 1 is 1.03 bits per heavy atom. The van der Waals surface area contributed by atoms with E-state index >= 15 is 0 Å². The van der Waals surface area contributed by atoms with Crippen LogP contribution in [0.5, 0.6) is 5.75 Å². The summed E-state index contributed by atoms with van der Waals surface area (Å²) >= 11 is 3.02. The Bertz CT molecular complexity index is 1030. The van der Waals surface area contributed by atoms with Crippen molar-refractivity contribution >= 4 is 45.7 Å². The normalized spacial score (nSPS) is 12.9. The van der Waals surface area contributed by atoms with Crippen LogP contribution >= 0.6 is 23.1 Å². The molecule has 154 valence electrons. The predicted molar refractivity (Wildman–Crippen MR) is 118 cm³/mol. The first-order valence-corrected chi connectivity index (χ1v) is 11.4. The average molecular weight is 441 g/mol. The molecule has 0 aliphatic carbocycles. The van der Waals surface area contributed by atoms with E-state index in [0.717, 1.165) is 21.5 Å². The number of carbonyl (C=O) groups excluding carboxylic acids is 2. The molecule has 2 amide bonds. The highest BCUT2D eigenvalue weighted by Gasteiger charge is 2.34. The summed E-state index contributed by atoms with van der Waals surface area (Å²) in [4.78, 5) is 26.1. The number of nitrogens with one attached hydrogen (secondary N) is 1. The first-order valence-electron chi connectivity index (χ1n) is 9.57. The highest BCUT2D eigenvalue weighted by Crippen LogP contribution is 2.32. The molecule has 1 aliphatic heterocycles. The Balaban J connectivity index is 1.28. The van der Waals surface area contributed by atoms with Gasteiger partial charge in [-0.2, -0.15) is 0 Å². The van der Waals surface area contributed by atoms with E-state index in [4.69, 9.17) is 4.74 Å². The van der Waals surface area contributed by atoms with Crippen LogP contribution in [0.25, 0.3) is 0 Å². The van der Waals surface area contributed by atoms with E-state index in [2.05, 4.69) is 15.5 Å². The van der Waals surface area contributed by atoms with Gasteiger partial charge in [0.2, 0.25) is 5.13 Å². The van der Waals surface area contributed by atoms with E-state index in [9.17, 15) is 9.59 Å². The minimum absolute atomic E-state index is 0.212. The van der Waals surface area contributed by atoms with Gasteiger partial charge in [0.1, 0.15) is 5.75 Å². The number of amides is 2. The molecular formula is C21H20N4O3S2. The van der Waals surface area contributed by atoms with Crippen molar-refractivity contribution in [2.45, 2.75) is 17.7 Å². The van der Waals surface area contributed by atoms with Gasteiger partial charge in [0, 0.05) is 12.3 Å². The Morgan fingerprint density at radius 3 is 2.47 bits per heavy atom. The number of thioether (sulfide) groups is 1. The summed E-state index contributed by atoms with van der Waals surface area (Å²) in [6, 6.07) is 14.6. The molecule has 3 aromatic rings. The minimum Gasteiger partial charge on any atom is -0.492 e. The number of hydrogen-bond acceptors (Lipinski definition) is 8. The van der Waals surface area contributed by atoms with Crippen molar-refractivity contribution < 1.29 is 14.3 Å². The fraction of sp³-hybridized carbons (Fsp3) is 0.238. The van der Waals surface area contributed by atoms with Gasteiger partial charge in [-0.3, -0.25) is 14.5 Å². The number of aromatic nitrogens is 2. The summed E-state index contributed by atoms with van der Waals surface area (Å²) < 4.78 is 6.44. The summed E-state index contributed by atoms with van der Waals surface area (Å²) in [5, 5.41) is 12.3. The highest BCUT2D eigenvalue weighted by atomic mass is 32.2. The quantitative estimate of drug-likeness (QED) is 0.299. The standard InChI is InChI=1S/C21H20N4O3S2/c1-2-28-17-11-6-5-10-16(17)22-20-23-24-21(30-20)29-13-7-12-25-18(26)14-8-3-4-9-15(14)19(25)27/h3-6,8-11H,2,7,12-13H2,1H3,(H,22,23). The van der Waals surface area contributed by atoms with Crippen LogP contribution in [0.2, 0.25) is 0 Å². The molecule has 9 heteroatoms. The van der Waals surface area contributed by atoms with Gasteiger partial charge in [-0.25, -0.2) is 0 Å². The lowest BCUT2D eigenvalue weighted by Gasteiger charge is -2.12. The van der Waals surface area contributed by atoms with Crippen molar-refractivity contribution in [1.29, 1.82) is 0 Å². The molecule has 0 fully saturated rings. The van der Waals surface area contributed by atoms with Crippen molar-refractivity contribution in [1.82, 2.24) is 15.1 Å². The maximum atomic E-state index is 12.4. The molecule has 2 heterocycles. The van der Waals surface area contributed by atoms with E-state index in [-0.39, 0.29) is 11.8 Å². The molecular weight excluding hydrogens is 420 g/mol. The smallest absolute Gasteiger partial charge is 0.261 e. The summed E-state index contributed by atoms with van der Waals surface area (Å²) in [6.45, 7) is 2.92. The van der Waals surface area contributed by atoms with Crippen LogP contribution in [0.15, 0.2) is 52.9 Å². The van der Waals surface area contributed by atoms with Crippen LogP contribution in [0, 0.1) is 0 Å². The van der Waals surface area contributed by atoms with E-state index in [1.807, 2.05) is 31.2 Å². The third kappa shape index (κ3) is 4.31. The van der Waals surface area contributed by atoms with Crippen molar-refractivity contribution in [2.24, 2.45) is 0 Å². The molecule has 7 nitrogen and oxygen atoms in total. The lowest BCUT2D eigenvalue weighted by molar-refractivity contribution is 0.0655. The van der Waals surface area contributed by atoms with Crippen LogP contribution < -0.4 is 10.1 Å². The molecule has 0 bridgehead atoms. The number of anilines is 2. The zero-order chi connectivity index (χ0) is 20.9. The number of nitrogens with zero attached hydrogens (tertiary/aromatic N) is 3. The molecule has 30 heavy (non-hydrogen) atoms. The number of fused-ring (bicyclic) bond motifs is 1. The number of carbonyl (C=O) groups is 2. The maximum Gasteiger partial charge on any atom is 0.261 e. The fourth-order valence-corrected chi connectivity index (χ4v) is 4.87. The second-order valence-electron chi connectivity index (χ2n) is 6.44. The third-order valence-corrected chi connectivity index (χ3v) is 6.52. The maximum absolute atomic E-state index is 12.4. The predicted octanol–water partition coefficient (Wildman–Crippen LogP) is 4.46. The van der Waals surface area contributed by atoms with E-state index in [1.165, 1.54) is 16.2 Å². The molecule has 1 aliphatic rings. The Morgan fingerprint density at radius 2 is 1.73 bits per heavy atom. The number of ether oxygens (including phenoxy) is 1. The van der Waals surface area contributed by atoms with Gasteiger partial charge in [0.25, 0.3) is 11.8 Å². The van der Waals surface area contributed by atoms with E-state index in [0.29, 0.717) is 35.8 Å². The third-order valence-electron chi connectivity index (χ3n) is 4.46. The van der Waals surface area contributed by atoms with Gasteiger partial charge in [-0.1, -0.05) is 47.4 Å². The van der Waals surface area contributed by atoms with Gasteiger partial charge in [0.05, 0.1) is 23.4 Å². The second-order valence-corrected chi connectivity index (χ2v) is 8.76.